The van der Waals surface area contributed by atoms with Gasteiger partial charge >= 0.3 is 0 Å². The molecule has 0 spiro atoms. The molecule has 2 aromatic carbocycles. The first kappa shape index (κ1) is 24.4. The van der Waals surface area contributed by atoms with Gasteiger partial charge < -0.3 is 25.2 Å². The van der Waals surface area contributed by atoms with E-state index in [1.807, 2.05) is 0 Å². The van der Waals surface area contributed by atoms with E-state index in [1.54, 1.807) is 18.2 Å². The van der Waals surface area contributed by atoms with Crippen LogP contribution in [-0.4, -0.2) is 51.4 Å². The van der Waals surface area contributed by atoms with Crippen molar-refractivity contribution in [2.45, 2.75) is 76.0 Å². The number of benzene rings is 2. The van der Waals surface area contributed by atoms with E-state index >= 15 is 0 Å². The Balaban J connectivity index is 1.85. The van der Waals surface area contributed by atoms with E-state index in [9.17, 15) is 25.7 Å². The minimum Gasteiger partial charge on any atom is -0.394 e. The summed E-state index contributed by atoms with van der Waals surface area (Å²) in [7, 11) is 0. The zero-order chi connectivity index (χ0) is 23.3. The molecule has 1 unspecified atom stereocenters. The van der Waals surface area contributed by atoms with Crippen molar-refractivity contribution in [1.82, 2.24) is 0 Å². The molecule has 1 aliphatic heterocycles. The quantitative estimate of drug-likeness (QED) is 0.503. The van der Waals surface area contributed by atoms with E-state index in [1.165, 1.54) is 5.56 Å². The van der Waals surface area contributed by atoms with Gasteiger partial charge in [-0.25, -0.2) is 0 Å². The van der Waals surface area contributed by atoms with Crippen LogP contribution in [0.25, 0.3) is 0 Å². The summed E-state index contributed by atoms with van der Waals surface area (Å²) < 4.78 is 5.68. The van der Waals surface area contributed by atoms with Crippen molar-refractivity contribution in [2.75, 3.05) is 6.61 Å². The lowest BCUT2D eigenvalue weighted by Gasteiger charge is -2.40. The second-order valence-corrected chi connectivity index (χ2v) is 8.59. The van der Waals surface area contributed by atoms with Gasteiger partial charge in [0.1, 0.15) is 30.5 Å². The van der Waals surface area contributed by atoms with Gasteiger partial charge in [-0.3, -0.25) is 0 Å². The van der Waals surface area contributed by atoms with Crippen LogP contribution in [0.2, 0.25) is 0 Å². The van der Waals surface area contributed by atoms with Gasteiger partial charge in [-0.05, 0) is 53.5 Å². The summed E-state index contributed by atoms with van der Waals surface area (Å²) in [4.78, 5) is 0. The molecular weight excluding hydrogens is 406 g/mol. The Kier molecular flexibility index (Phi) is 8.41. The van der Waals surface area contributed by atoms with Gasteiger partial charge in [-0.1, -0.05) is 56.7 Å². The molecule has 1 aliphatic rings. The first-order valence-electron chi connectivity index (χ1n) is 11.4. The van der Waals surface area contributed by atoms with E-state index in [-0.39, 0.29) is 0 Å². The van der Waals surface area contributed by atoms with Crippen LogP contribution in [0.3, 0.4) is 0 Å². The van der Waals surface area contributed by atoms with Gasteiger partial charge in [0.05, 0.1) is 18.2 Å². The standard InChI is InChI=1S/C26H33NO5/c1-3-5-17(4-2)18-8-6-16(7-9-18)12-21-13-19(10-11-20(21)14-27)26-25(31)24(30)23(29)22(15-28)32-26/h6-11,13,17,22-26,28-31H,3-5,12,15H2,1-2H3/t17?,22-,23-,24+,25-,26+/m1/s1. The molecule has 0 bridgehead atoms. The van der Waals surface area contributed by atoms with Crippen LogP contribution in [0.1, 0.15) is 72.9 Å². The van der Waals surface area contributed by atoms with Crippen LogP contribution in [0, 0.1) is 11.3 Å². The zero-order valence-corrected chi connectivity index (χ0v) is 18.7. The number of ether oxygens (including phenoxy) is 1. The van der Waals surface area contributed by atoms with Crippen LogP contribution in [-0.2, 0) is 11.2 Å². The average molecular weight is 440 g/mol. The summed E-state index contributed by atoms with van der Waals surface area (Å²) in [5.41, 5.74) is 4.30. The SMILES string of the molecule is CCCC(CC)c1ccc(Cc2cc([C@@H]3O[C@H](CO)[C@@H](O)[C@H](O)[C@H]3O)ccc2C#N)cc1. The van der Waals surface area contributed by atoms with Crippen molar-refractivity contribution in [3.8, 4) is 6.07 Å². The predicted octanol–water partition coefficient (Wildman–Crippen LogP) is 2.96. The first-order valence-corrected chi connectivity index (χ1v) is 11.4. The van der Waals surface area contributed by atoms with Crippen LogP contribution in [0.15, 0.2) is 42.5 Å². The largest absolute Gasteiger partial charge is 0.394 e. The van der Waals surface area contributed by atoms with Crippen LogP contribution < -0.4 is 0 Å². The maximum Gasteiger partial charge on any atom is 0.113 e. The number of rotatable bonds is 8. The van der Waals surface area contributed by atoms with Crippen LogP contribution >= 0.6 is 0 Å². The van der Waals surface area contributed by atoms with Crippen LogP contribution in [0.5, 0.6) is 0 Å². The van der Waals surface area contributed by atoms with Gasteiger partial charge in [-0.15, -0.1) is 0 Å². The highest BCUT2D eigenvalue weighted by molar-refractivity contribution is 5.44. The molecule has 0 aliphatic carbocycles. The Morgan fingerprint density at radius 1 is 1.00 bits per heavy atom. The second kappa shape index (κ2) is 11.0. The lowest BCUT2D eigenvalue weighted by molar-refractivity contribution is -0.231. The third kappa shape index (κ3) is 5.20. The van der Waals surface area contributed by atoms with Gasteiger partial charge in [0.25, 0.3) is 0 Å². The zero-order valence-electron chi connectivity index (χ0n) is 18.7. The smallest absolute Gasteiger partial charge is 0.113 e. The first-order chi connectivity index (χ1) is 15.4. The summed E-state index contributed by atoms with van der Waals surface area (Å²) in [5.74, 6) is 0.554. The molecule has 6 heteroatoms. The number of hydrogen-bond acceptors (Lipinski definition) is 6. The fraction of sp³-hybridized carbons (Fsp3) is 0.500. The predicted molar refractivity (Wildman–Crippen MR) is 121 cm³/mol. The fourth-order valence-electron chi connectivity index (χ4n) is 4.51. The monoisotopic (exact) mass is 439 g/mol. The van der Waals surface area contributed by atoms with Gasteiger partial charge in [0.2, 0.25) is 0 Å². The minimum atomic E-state index is -1.44. The van der Waals surface area contributed by atoms with E-state index in [4.69, 9.17) is 4.74 Å². The number of nitriles is 1. The molecule has 6 nitrogen and oxygen atoms in total. The topological polar surface area (TPSA) is 114 Å². The summed E-state index contributed by atoms with van der Waals surface area (Å²) in [6.07, 6.45) is -2.12. The molecular formula is C26H33NO5. The van der Waals surface area contributed by atoms with E-state index < -0.39 is 37.1 Å². The molecule has 6 atom stereocenters. The molecule has 3 rings (SSSR count). The van der Waals surface area contributed by atoms with Crippen molar-refractivity contribution in [2.24, 2.45) is 0 Å². The Bertz CT molecular complexity index is 921. The molecule has 32 heavy (non-hydrogen) atoms. The summed E-state index contributed by atoms with van der Waals surface area (Å²) in [5, 5.41) is 49.6. The fourth-order valence-corrected chi connectivity index (χ4v) is 4.51. The van der Waals surface area contributed by atoms with Crippen molar-refractivity contribution < 1.29 is 25.2 Å². The molecule has 4 N–H and O–H groups in total. The van der Waals surface area contributed by atoms with Gasteiger partial charge in [0.15, 0.2) is 0 Å². The summed E-state index contributed by atoms with van der Waals surface area (Å²) in [6.45, 7) is 3.93. The normalized spacial score (nSPS) is 26.5. The number of aliphatic hydroxyl groups excluding tert-OH is 4. The lowest BCUT2D eigenvalue weighted by Crippen LogP contribution is -2.55. The number of aliphatic hydroxyl groups is 4. The van der Waals surface area contributed by atoms with Crippen molar-refractivity contribution in [1.29, 1.82) is 5.26 Å². The summed E-state index contributed by atoms with van der Waals surface area (Å²) in [6, 6.07) is 15.9. The van der Waals surface area contributed by atoms with Crippen molar-refractivity contribution >= 4 is 0 Å². The third-order valence-corrected chi connectivity index (χ3v) is 6.45. The Labute approximate surface area is 189 Å². The Hall–Kier alpha value is -2.27. The van der Waals surface area contributed by atoms with Gasteiger partial charge in [0, 0.05) is 0 Å². The molecule has 1 saturated heterocycles. The minimum absolute atomic E-state index is 0.478. The van der Waals surface area contributed by atoms with Crippen molar-refractivity contribution in [3.05, 3.63) is 70.3 Å². The van der Waals surface area contributed by atoms with E-state index in [2.05, 4.69) is 44.2 Å². The van der Waals surface area contributed by atoms with Crippen molar-refractivity contribution in [3.63, 3.8) is 0 Å². The lowest BCUT2D eigenvalue weighted by atomic mass is 9.88. The average Bonchev–Trinajstić information content (AvgIpc) is 2.82. The third-order valence-electron chi connectivity index (χ3n) is 6.45. The Morgan fingerprint density at radius 2 is 1.72 bits per heavy atom. The molecule has 172 valence electrons. The molecule has 1 fully saturated rings. The Morgan fingerprint density at radius 3 is 2.31 bits per heavy atom. The highest BCUT2D eigenvalue weighted by Crippen LogP contribution is 2.34. The number of hydrogen-bond donors (Lipinski definition) is 4. The molecule has 1 heterocycles. The molecule has 0 amide bonds. The highest BCUT2D eigenvalue weighted by atomic mass is 16.5. The molecule has 0 aromatic heterocycles. The molecule has 0 saturated carbocycles. The maximum absolute atomic E-state index is 10.4. The van der Waals surface area contributed by atoms with Crippen LogP contribution in [0.4, 0.5) is 0 Å². The summed E-state index contributed by atoms with van der Waals surface area (Å²) >= 11 is 0. The second-order valence-electron chi connectivity index (χ2n) is 8.59. The highest BCUT2D eigenvalue weighted by Gasteiger charge is 2.44. The molecule has 2 aromatic rings. The molecule has 0 radical (unpaired) electrons. The van der Waals surface area contributed by atoms with E-state index in [0.29, 0.717) is 23.5 Å². The van der Waals surface area contributed by atoms with Gasteiger partial charge in [-0.2, -0.15) is 5.26 Å². The maximum atomic E-state index is 10.4. The number of nitrogens with zero attached hydrogens (tertiary/aromatic N) is 1. The van der Waals surface area contributed by atoms with E-state index in [0.717, 1.165) is 30.4 Å².